The molecule has 130 valence electrons. The molecular formula is C17H23FN4OS. The summed E-state index contributed by atoms with van der Waals surface area (Å²) in [7, 11) is 1.74. The van der Waals surface area contributed by atoms with Gasteiger partial charge in [0.2, 0.25) is 0 Å². The second kappa shape index (κ2) is 9.22. The molecule has 5 nitrogen and oxygen atoms in total. The number of nitrogens with one attached hydrogen (secondary N) is 2. The maximum absolute atomic E-state index is 12.8. The van der Waals surface area contributed by atoms with E-state index >= 15 is 0 Å². The van der Waals surface area contributed by atoms with Crippen LogP contribution in [-0.4, -0.2) is 31.1 Å². The van der Waals surface area contributed by atoms with Crippen molar-refractivity contribution in [2.75, 3.05) is 20.2 Å². The van der Waals surface area contributed by atoms with Crippen LogP contribution in [0.5, 0.6) is 5.75 Å². The molecule has 0 bridgehead atoms. The number of guanidine groups is 1. The van der Waals surface area contributed by atoms with Crippen LogP contribution in [0.25, 0.3) is 0 Å². The van der Waals surface area contributed by atoms with Gasteiger partial charge in [0.1, 0.15) is 16.6 Å². The quantitative estimate of drug-likeness (QED) is 0.458. The Bertz CT molecular complexity index is 650. The maximum atomic E-state index is 12.8. The number of aromatic nitrogens is 1. The largest absolute Gasteiger partial charge is 0.494 e. The molecule has 24 heavy (non-hydrogen) atoms. The number of benzene rings is 1. The van der Waals surface area contributed by atoms with E-state index in [-0.39, 0.29) is 5.82 Å². The highest BCUT2D eigenvalue weighted by molar-refractivity contribution is 7.11. The minimum atomic E-state index is -0.260. The van der Waals surface area contributed by atoms with Gasteiger partial charge < -0.3 is 15.4 Å². The van der Waals surface area contributed by atoms with Crippen molar-refractivity contribution in [3.05, 3.63) is 45.7 Å². The van der Waals surface area contributed by atoms with Crippen LogP contribution in [0.15, 0.2) is 29.3 Å². The zero-order chi connectivity index (χ0) is 17.4. The van der Waals surface area contributed by atoms with Gasteiger partial charge in [-0.25, -0.2) is 9.37 Å². The van der Waals surface area contributed by atoms with Crippen LogP contribution >= 0.6 is 11.3 Å². The number of rotatable bonds is 7. The Labute approximate surface area is 146 Å². The Morgan fingerprint density at radius 2 is 2.00 bits per heavy atom. The molecule has 0 aliphatic rings. The average Bonchev–Trinajstić information content (AvgIpc) is 2.90. The lowest BCUT2D eigenvalue weighted by molar-refractivity contribution is 0.310. The van der Waals surface area contributed by atoms with Gasteiger partial charge in [-0.3, -0.25) is 4.99 Å². The zero-order valence-electron chi connectivity index (χ0n) is 14.2. The molecule has 2 aromatic rings. The number of thiazole rings is 1. The van der Waals surface area contributed by atoms with Gasteiger partial charge in [0, 0.05) is 18.5 Å². The fourth-order valence-corrected chi connectivity index (χ4v) is 2.87. The van der Waals surface area contributed by atoms with Gasteiger partial charge in [-0.2, -0.15) is 0 Å². The van der Waals surface area contributed by atoms with Crippen molar-refractivity contribution < 1.29 is 9.13 Å². The van der Waals surface area contributed by atoms with E-state index in [0.29, 0.717) is 18.9 Å². The van der Waals surface area contributed by atoms with E-state index in [1.54, 1.807) is 30.5 Å². The molecule has 7 heteroatoms. The summed E-state index contributed by atoms with van der Waals surface area (Å²) in [5.41, 5.74) is 1.08. The molecule has 0 amide bonds. The van der Waals surface area contributed by atoms with Gasteiger partial charge >= 0.3 is 0 Å². The van der Waals surface area contributed by atoms with Crippen LogP contribution < -0.4 is 15.4 Å². The van der Waals surface area contributed by atoms with E-state index < -0.39 is 0 Å². The van der Waals surface area contributed by atoms with E-state index in [1.807, 2.05) is 6.92 Å². The summed E-state index contributed by atoms with van der Waals surface area (Å²) < 4.78 is 18.3. The third-order valence-electron chi connectivity index (χ3n) is 3.40. The minimum absolute atomic E-state index is 0.260. The number of nitrogens with zero attached hydrogens (tertiary/aromatic N) is 2. The first kappa shape index (κ1) is 18.2. The number of aliphatic imine (C=N–C) groups is 1. The Kier molecular flexibility index (Phi) is 6.99. The van der Waals surface area contributed by atoms with Gasteiger partial charge in [0.05, 0.1) is 18.8 Å². The van der Waals surface area contributed by atoms with Crippen LogP contribution in [0.4, 0.5) is 4.39 Å². The van der Waals surface area contributed by atoms with Crippen molar-refractivity contribution in [1.82, 2.24) is 15.6 Å². The Hall–Kier alpha value is -2.15. The van der Waals surface area contributed by atoms with E-state index in [0.717, 1.165) is 29.6 Å². The average molecular weight is 350 g/mol. The molecule has 0 atom stereocenters. The summed E-state index contributed by atoms with van der Waals surface area (Å²) in [6.45, 7) is 6.04. The second-order valence-corrected chi connectivity index (χ2v) is 6.55. The molecule has 0 saturated heterocycles. The van der Waals surface area contributed by atoms with Crippen molar-refractivity contribution in [2.45, 2.75) is 26.8 Å². The number of ether oxygens (including phenoxy) is 1. The zero-order valence-corrected chi connectivity index (χ0v) is 15.0. The molecule has 2 N–H and O–H groups in total. The first-order valence-corrected chi connectivity index (χ1v) is 8.66. The van der Waals surface area contributed by atoms with E-state index in [9.17, 15) is 4.39 Å². The van der Waals surface area contributed by atoms with E-state index in [1.165, 1.54) is 17.0 Å². The molecule has 0 radical (unpaired) electrons. The van der Waals surface area contributed by atoms with Gasteiger partial charge in [-0.05, 0) is 44.5 Å². The normalized spacial score (nSPS) is 11.4. The van der Waals surface area contributed by atoms with Crippen molar-refractivity contribution in [3.63, 3.8) is 0 Å². The molecule has 1 aromatic heterocycles. The van der Waals surface area contributed by atoms with Crippen LogP contribution in [0, 0.1) is 19.7 Å². The first-order chi connectivity index (χ1) is 11.6. The van der Waals surface area contributed by atoms with Crippen LogP contribution in [0.1, 0.15) is 22.0 Å². The molecule has 0 aliphatic carbocycles. The Morgan fingerprint density at radius 3 is 2.62 bits per heavy atom. The lowest BCUT2D eigenvalue weighted by Gasteiger charge is -2.11. The molecule has 1 heterocycles. The maximum Gasteiger partial charge on any atom is 0.191 e. The summed E-state index contributed by atoms with van der Waals surface area (Å²) in [6.07, 6.45) is 0.813. The SMILES string of the molecule is CN=C(NCCCOc1ccc(F)cc1)NCc1nc(C)c(C)s1. The lowest BCUT2D eigenvalue weighted by atomic mass is 10.3. The molecule has 0 aliphatic heterocycles. The summed E-state index contributed by atoms with van der Waals surface area (Å²) in [5, 5.41) is 7.53. The molecule has 0 fully saturated rings. The highest BCUT2D eigenvalue weighted by Gasteiger charge is 2.04. The number of aryl methyl sites for hydroxylation is 2. The van der Waals surface area contributed by atoms with Gasteiger partial charge in [-0.1, -0.05) is 0 Å². The third kappa shape index (κ3) is 5.81. The summed E-state index contributed by atoms with van der Waals surface area (Å²) in [4.78, 5) is 9.92. The van der Waals surface area contributed by atoms with E-state index in [4.69, 9.17) is 4.74 Å². The van der Waals surface area contributed by atoms with Crippen molar-refractivity contribution in [2.24, 2.45) is 4.99 Å². The predicted octanol–water partition coefficient (Wildman–Crippen LogP) is 3.03. The summed E-state index contributed by atoms with van der Waals surface area (Å²) >= 11 is 1.69. The van der Waals surface area contributed by atoms with Crippen molar-refractivity contribution >= 4 is 17.3 Å². The van der Waals surface area contributed by atoms with Crippen LogP contribution in [-0.2, 0) is 6.54 Å². The highest BCUT2D eigenvalue weighted by atomic mass is 32.1. The van der Waals surface area contributed by atoms with Gasteiger partial charge in [-0.15, -0.1) is 11.3 Å². The molecule has 1 aromatic carbocycles. The fraction of sp³-hybridized carbons (Fsp3) is 0.412. The monoisotopic (exact) mass is 350 g/mol. The summed E-state index contributed by atoms with van der Waals surface area (Å²) in [6, 6.07) is 6.03. The standard InChI is InChI=1S/C17H23FN4OS/c1-12-13(2)24-16(22-12)11-21-17(19-3)20-9-4-10-23-15-7-5-14(18)6-8-15/h5-8H,4,9-11H2,1-3H3,(H2,19,20,21). The Balaban J connectivity index is 1.63. The smallest absolute Gasteiger partial charge is 0.191 e. The highest BCUT2D eigenvalue weighted by Crippen LogP contribution is 2.15. The second-order valence-electron chi connectivity index (χ2n) is 5.26. The number of hydrogen-bond donors (Lipinski definition) is 2. The lowest BCUT2D eigenvalue weighted by Crippen LogP contribution is -2.37. The van der Waals surface area contributed by atoms with Crippen molar-refractivity contribution in [1.29, 1.82) is 0 Å². The fourth-order valence-electron chi connectivity index (χ4n) is 1.99. The molecule has 0 spiro atoms. The molecule has 0 saturated carbocycles. The molecule has 0 unspecified atom stereocenters. The Morgan fingerprint density at radius 1 is 1.25 bits per heavy atom. The molecule has 2 rings (SSSR count). The minimum Gasteiger partial charge on any atom is -0.494 e. The number of halogens is 1. The molecular weight excluding hydrogens is 327 g/mol. The number of hydrogen-bond acceptors (Lipinski definition) is 4. The third-order valence-corrected chi connectivity index (χ3v) is 4.47. The van der Waals surface area contributed by atoms with Crippen LogP contribution in [0.3, 0.4) is 0 Å². The van der Waals surface area contributed by atoms with Gasteiger partial charge in [0.15, 0.2) is 5.96 Å². The van der Waals surface area contributed by atoms with Crippen molar-refractivity contribution in [3.8, 4) is 5.75 Å². The predicted molar refractivity (Wildman–Crippen MR) is 96.3 cm³/mol. The van der Waals surface area contributed by atoms with Gasteiger partial charge in [0.25, 0.3) is 0 Å². The van der Waals surface area contributed by atoms with E-state index in [2.05, 4.69) is 27.5 Å². The first-order valence-electron chi connectivity index (χ1n) is 7.84. The topological polar surface area (TPSA) is 58.5 Å². The summed E-state index contributed by atoms with van der Waals surface area (Å²) in [5.74, 6) is 1.15. The van der Waals surface area contributed by atoms with Crippen LogP contribution in [0.2, 0.25) is 0 Å².